The van der Waals surface area contributed by atoms with Gasteiger partial charge in [-0.15, -0.1) is 0 Å². The SMILES string of the molecule is CC(C)(C)OC(=O)NC1CNCC12CCOCC2. The lowest BCUT2D eigenvalue weighted by atomic mass is 9.76. The lowest BCUT2D eigenvalue weighted by Gasteiger charge is -2.38. The van der Waals surface area contributed by atoms with Crippen molar-refractivity contribution in [2.24, 2.45) is 5.41 Å². The van der Waals surface area contributed by atoms with Gasteiger partial charge >= 0.3 is 6.09 Å². The zero-order valence-electron chi connectivity index (χ0n) is 11.5. The quantitative estimate of drug-likeness (QED) is 0.742. The highest BCUT2D eigenvalue weighted by Crippen LogP contribution is 2.36. The molecule has 5 heteroatoms. The molecule has 1 amide bonds. The van der Waals surface area contributed by atoms with Crippen molar-refractivity contribution < 1.29 is 14.3 Å². The molecule has 0 aromatic rings. The van der Waals surface area contributed by atoms with Crippen molar-refractivity contribution in [1.29, 1.82) is 0 Å². The second-order valence-electron chi connectivity index (χ2n) is 6.30. The average molecular weight is 256 g/mol. The number of rotatable bonds is 1. The van der Waals surface area contributed by atoms with Crippen LogP contribution in [0.2, 0.25) is 0 Å². The van der Waals surface area contributed by atoms with E-state index in [0.717, 1.165) is 39.1 Å². The van der Waals surface area contributed by atoms with E-state index >= 15 is 0 Å². The average Bonchev–Trinajstić information content (AvgIpc) is 2.60. The van der Waals surface area contributed by atoms with Crippen molar-refractivity contribution in [3.8, 4) is 0 Å². The van der Waals surface area contributed by atoms with Crippen LogP contribution in [0.3, 0.4) is 0 Å². The maximum absolute atomic E-state index is 11.8. The molecule has 1 unspecified atom stereocenters. The second kappa shape index (κ2) is 5.05. The zero-order valence-corrected chi connectivity index (χ0v) is 11.5. The molecule has 2 rings (SSSR count). The molecule has 0 bridgehead atoms. The Hall–Kier alpha value is -0.810. The van der Waals surface area contributed by atoms with E-state index in [9.17, 15) is 4.79 Å². The summed E-state index contributed by atoms with van der Waals surface area (Å²) in [5.41, 5.74) is -0.298. The van der Waals surface area contributed by atoms with Crippen molar-refractivity contribution in [3.63, 3.8) is 0 Å². The number of nitrogens with one attached hydrogen (secondary N) is 2. The third-order valence-corrected chi connectivity index (χ3v) is 3.74. The van der Waals surface area contributed by atoms with Gasteiger partial charge < -0.3 is 20.1 Å². The van der Waals surface area contributed by atoms with Crippen molar-refractivity contribution in [3.05, 3.63) is 0 Å². The zero-order chi connectivity index (χ0) is 13.2. The van der Waals surface area contributed by atoms with Crippen LogP contribution in [-0.2, 0) is 9.47 Å². The summed E-state index contributed by atoms with van der Waals surface area (Å²) in [5, 5.41) is 6.39. The predicted molar refractivity (Wildman–Crippen MR) is 68.5 cm³/mol. The van der Waals surface area contributed by atoms with Crippen molar-refractivity contribution in [2.45, 2.75) is 45.3 Å². The molecule has 2 fully saturated rings. The number of carbonyl (C=O) groups is 1. The van der Waals surface area contributed by atoms with Gasteiger partial charge in [0.15, 0.2) is 0 Å². The van der Waals surface area contributed by atoms with Crippen molar-refractivity contribution >= 4 is 6.09 Å². The fourth-order valence-corrected chi connectivity index (χ4v) is 2.76. The molecule has 0 aromatic heterocycles. The minimum Gasteiger partial charge on any atom is -0.444 e. The molecule has 5 nitrogen and oxygen atoms in total. The topological polar surface area (TPSA) is 59.6 Å². The predicted octanol–water partition coefficient (Wildman–Crippen LogP) is 1.28. The summed E-state index contributed by atoms with van der Waals surface area (Å²) < 4.78 is 10.7. The smallest absolute Gasteiger partial charge is 0.407 e. The molecule has 2 heterocycles. The van der Waals surface area contributed by atoms with Crippen molar-refractivity contribution in [1.82, 2.24) is 10.6 Å². The third kappa shape index (κ3) is 3.14. The van der Waals surface area contributed by atoms with Crippen LogP contribution in [0.5, 0.6) is 0 Å². The monoisotopic (exact) mass is 256 g/mol. The maximum Gasteiger partial charge on any atom is 0.407 e. The normalized spacial score (nSPS) is 27.2. The summed E-state index contributed by atoms with van der Waals surface area (Å²) >= 11 is 0. The number of amides is 1. The molecule has 0 aromatic carbocycles. The van der Waals surface area contributed by atoms with Crippen LogP contribution in [0, 0.1) is 5.41 Å². The highest BCUT2D eigenvalue weighted by molar-refractivity contribution is 5.68. The molecular weight excluding hydrogens is 232 g/mol. The van der Waals surface area contributed by atoms with Crippen LogP contribution in [0.4, 0.5) is 4.79 Å². The van der Waals surface area contributed by atoms with Crippen LogP contribution in [0.1, 0.15) is 33.6 Å². The van der Waals surface area contributed by atoms with Crippen LogP contribution in [-0.4, -0.2) is 44.0 Å². The summed E-state index contributed by atoms with van der Waals surface area (Å²) in [6.45, 7) is 8.98. The molecule has 0 radical (unpaired) electrons. The summed E-state index contributed by atoms with van der Waals surface area (Å²) in [6, 6.07) is 0.149. The fourth-order valence-electron chi connectivity index (χ4n) is 2.76. The van der Waals surface area contributed by atoms with Gasteiger partial charge in [-0.1, -0.05) is 0 Å². The molecule has 1 spiro atoms. The van der Waals surface area contributed by atoms with E-state index in [1.54, 1.807) is 0 Å². The number of alkyl carbamates (subject to hydrolysis) is 1. The van der Waals surface area contributed by atoms with Crippen LogP contribution < -0.4 is 10.6 Å². The van der Waals surface area contributed by atoms with Gasteiger partial charge in [-0.3, -0.25) is 0 Å². The van der Waals surface area contributed by atoms with Crippen LogP contribution in [0.15, 0.2) is 0 Å². The van der Waals surface area contributed by atoms with Crippen molar-refractivity contribution in [2.75, 3.05) is 26.3 Å². The minimum atomic E-state index is -0.445. The Morgan fingerprint density at radius 2 is 2.06 bits per heavy atom. The molecule has 104 valence electrons. The summed E-state index contributed by atoms with van der Waals surface area (Å²) in [5.74, 6) is 0. The van der Waals surface area contributed by atoms with Gasteiger partial charge in [0, 0.05) is 31.7 Å². The molecule has 2 N–H and O–H groups in total. The first-order chi connectivity index (χ1) is 8.41. The fraction of sp³-hybridized carbons (Fsp3) is 0.923. The van der Waals surface area contributed by atoms with Crippen LogP contribution in [0.25, 0.3) is 0 Å². The molecule has 2 saturated heterocycles. The molecule has 0 aliphatic carbocycles. The highest BCUT2D eigenvalue weighted by atomic mass is 16.6. The second-order valence-corrected chi connectivity index (χ2v) is 6.30. The summed E-state index contributed by atoms with van der Waals surface area (Å²) in [6.07, 6.45) is 1.68. The first kappa shape index (κ1) is 13.6. The largest absolute Gasteiger partial charge is 0.444 e. The first-order valence-electron chi connectivity index (χ1n) is 6.69. The van der Waals surface area contributed by atoms with E-state index in [4.69, 9.17) is 9.47 Å². The Morgan fingerprint density at radius 1 is 1.39 bits per heavy atom. The number of hydrogen-bond acceptors (Lipinski definition) is 4. The standard InChI is InChI=1S/C13H24N2O3/c1-12(2,3)18-11(16)15-10-8-14-9-13(10)4-6-17-7-5-13/h10,14H,4-9H2,1-3H3,(H,15,16). The molecule has 0 saturated carbocycles. The minimum absolute atomic E-state index is 0.148. The maximum atomic E-state index is 11.8. The van der Waals surface area contributed by atoms with E-state index in [-0.39, 0.29) is 17.6 Å². The summed E-state index contributed by atoms with van der Waals surface area (Å²) in [4.78, 5) is 11.8. The first-order valence-corrected chi connectivity index (χ1v) is 6.69. The van der Waals surface area contributed by atoms with E-state index in [1.807, 2.05) is 20.8 Å². The Bertz CT molecular complexity index is 306. The van der Waals surface area contributed by atoms with Gasteiger partial charge in [-0.25, -0.2) is 4.79 Å². The Morgan fingerprint density at radius 3 is 2.67 bits per heavy atom. The van der Waals surface area contributed by atoms with Gasteiger partial charge in [0.1, 0.15) is 5.60 Å². The molecular formula is C13H24N2O3. The highest BCUT2D eigenvalue weighted by Gasteiger charge is 2.45. The van der Waals surface area contributed by atoms with Gasteiger partial charge in [0.05, 0.1) is 6.04 Å². The third-order valence-electron chi connectivity index (χ3n) is 3.74. The van der Waals surface area contributed by atoms with Gasteiger partial charge in [-0.2, -0.15) is 0 Å². The van der Waals surface area contributed by atoms with E-state index < -0.39 is 5.60 Å². The lowest BCUT2D eigenvalue weighted by Crippen LogP contribution is -2.50. The Balaban J connectivity index is 1.93. The Labute approximate surface area is 109 Å². The number of carbonyl (C=O) groups excluding carboxylic acids is 1. The Kier molecular flexibility index (Phi) is 3.82. The van der Waals surface area contributed by atoms with E-state index in [2.05, 4.69) is 10.6 Å². The van der Waals surface area contributed by atoms with Gasteiger partial charge in [0.2, 0.25) is 0 Å². The molecule has 2 aliphatic rings. The molecule has 18 heavy (non-hydrogen) atoms. The van der Waals surface area contributed by atoms with E-state index in [1.165, 1.54) is 0 Å². The van der Waals surface area contributed by atoms with E-state index in [0.29, 0.717) is 0 Å². The lowest BCUT2D eigenvalue weighted by molar-refractivity contribution is 0.00589. The molecule has 1 atom stereocenters. The van der Waals surface area contributed by atoms with Gasteiger partial charge in [-0.05, 0) is 33.6 Å². The summed E-state index contributed by atoms with van der Waals surface area (Å²) in [7, 11) is 0. The molecule has 2 aliphatic heterocycles. The number of hydrogen-bond donors (Lipinski definition) is 2. The number of ether oxygens (including phenoxy) is 2. The van der Waals surface area contributed by atoms with Crippen LogP contribution >= 0.6 is 0 Å². The van der Waals surface area contributed by atoms with Gasteiger partial charge in [0.25, 0.3) is 0 Å².